The maximum Gasteiger partial charge on any atom is 0.0132 e. The molecule has 4 rings (SSSR count). The highest BCUT2D eigenvalue weighted by Crippen LogP contribution is 2.60. The van der Waals surface area contributed by atoms with Gasteiger partial charge in [0.1, 0.15) is 0 Å². The second-order valence-electron chi connectivity index (χ2n) is 6.24. The molecule has 0 aliphatic heterocycles. The van der Waals surface area contributed by atoms with Crippen molar-refractivity contribution in [1.82, 2.24) is 5.32 Å². The summed E-state index contributed by atoms with van der Waals surface area (Å²) in [5, 5.41) is 3.21. The molecule has 0 unspecified atom stereocenters. The Labute approximate surface area is 93.3 Å². The van der Waals surface area contributed by atoms with Crippen LogP contribution in [0.4, 0.5) is 0 Å². The van der Waals surface area contributed by atoms with Crippen LogP contribution in [0.15, 0.2) is 12.2 Å². The second kappa shape index (κ2) is 3.62. The van der Waals surface area contributed by atoms with Crippen LogP contribution < -0.4 is 5.32 Å². The third-order valence-corrected chi connectivity index (χ3v) is 4.88. The van der Waals surface area contributed by atoms with Crippen LogP contribution in [0.2, 0.25) is 0 Å². The molecule has 0 spiro atoms. The van der Waals surface area contributed by atoms with E-state index in [1.54, 1.807) is 19.3 Å². The Bertz CT molecular complexity index is 231. The highest BCUT2D eigenvalue weighted by Gasteiger charge is 2.49. The third-order valence-electron chi connectivity index (χ3n) is 4.88. The van der Waals surface area contributed by atoms with Gasteiger partial charge in [0, 0.05) is 6.54 Å². The normalized spacial score (nSPS) is 47.9. The van der Waals surface area contributed by atoms with E-state index in [1.807, 2.05) is 7.05 Å². The summed E-state index contributed by atoms with van der Waals surface area (Å²) >= 11 is 0. The molecular formula is C14H23N. The van der Waals surface area contributed by atoms with Crippen LogP contribution >= 0.6 is 0 Å². The lowest BCUT2D eigenvalue weighted by molar-refractivity contribution is -0.0238. The van der Waals surface area contributed by atoms with Crippen LogP contribution in [0.5, 0.6) is 0 Å². The Morgan fingerprint density at radius 1 is 1.07 bits per heavy atom. The van der Waals surface area contributed by atoms with Crippen molar-refractivity contribution in [3.63, 3.8) is 0 Å². The standard InChI is InChI=1S/C14H23N/c1-15-4-2-3-14-8-11-5-12(9-14)7-13(6-11)10-14/h2-3,11-13,15H,4-10H2,1H3/b3-2+. The van der Waals surface area contributed by atoms with E-state index < -0.39 is 0 Å². The van der Waals surface area contributed by atoms with Crippen molar-refractivity contribution >= 4 is 0 Å². The molecular weight excluding hydrogens is 182 g/mol. The minimum atomic E-state index is 0.631. The molecule has 4 aliphatic carbocycles. The third kappa shape index (κ3) is 1.75. The van der Waals surface area contributed by atoms with Crippen LogP contribution in [0.25, 0.3) is 0 Å². The van der Waals surface area contributed by atoms with Crippen LogP contribution in [-0.2, 0) is 0 Å². The summed E-state index contributed by atoms with van der Waals surface area (Å²) in [7, 11) is 2.03. The summed E-state index contributed by atoms with van der Waals surface area (Å²) in [4.78, 5) is 0. The first-order valence-electron chi connectivity index (χ1n) is 6.62. The van der Waals surface area contributed by atoms with Crippen molar-refractivity contribution in [2.24, 2.45) is 23.2 Å². The number of allylic oxidation sites excluding steroid dienone is 1. The summed E-state index contributed by atoms with van der Waals surface area (Å²) in [6.45, 7) is 1.04. The van der Waals surface area contributed by atoms with Gasteiger partial charge in [0.25, 0.3) is 0 Å². The van der Waals surface area contributed by atoms with Gasteiger partial charge in [-0.15, -0.1) is 0 Å². The number of rotatable bonds is 3. The minimum absolute atomic E-state index is 0.631. The van der Waals surface area contributed by atoms with Crippen LogP contribution in [0.1, 0.15) is 38.5 Å². The maximum absolute atomic E-state index is 3.21. The molecule has 0 aromatic heterocycles. The SMILES string of the molecule is CNC/C=C/C12CC3CC(CC(C3)C1)C2. The van der Waals surface area contributed by atoms with E-state index in [1.165, 1.54) is 19.3 Å². The lowest BCUT2D eigenvalue weighted by Crippen LogP contribution is -2.45. The maximum atomic E-state index is 3.21. The second-order valence-corrected chi connectivity index (χ2v) is 6.24. The zero-order valence-electron chi connectivity index (χ0n) is 9.84. The smallest absolute Gasteiger partial charge is 0.0132 e. The van der Waals surface area contributed by atoms with Crippen LogP contribution in [-0.4, -0.2) is 13.6 Å². The number of hydrogen-bond acceptors (Lipinski definition) is 1. The average molecular weight is 205 g/mol. The van der Waals surface area contributed by atoms with Crippen molar-refractivity contribution in [3.05, 3.63) is 12.2 Å². The van der Waals surface area contributed by atoms with E-state index in [0.717, 1.165) is 24.3 Å². The summed E-state index contributed by atoms with van der Waals surface area (Å²) < 4.78 is 0. The topological polar surface area (TPSA) is 12.0 Å². The quantitative estimate of drug-likeness (QED) is 0.698. The predicted molar refractivity (Wildman–Crippen MR) is 63.7 cm³/mol. The first-order valence-corrected chi connectivity index (χ1v) is 6.62. The minimum Gasteiger partial charge on any atom is -0.316 e. The van der Waals surface area contributed by atoms with E-state index in [0.29, 0.717) is 5.41 Å². The Morgan fingerprint density at radius 3 is 2.07 bits per heavy atom. The number of likely N-dealkylation sites (N-methyl/N-ethyl adjacent to an activating group) is 1. The van der Waals surface area contributed by atoms with Gasteiger partial charge in [-0.25, -0.2) is 0 Å². The fraction of sp³-hybridized carbons (Fsp3) is 0.857. The van der Waals surface area contributed by atoms with E-state index in [4.69, 9.17) is 0 Å². The van der Waals surface area contributed by atoms with E-state index in [2.05, 4.69) is 17.5 Å². The number of nitrogens with one attached hydrogen (secondary N) is 1. The van der Waals surface area contributed by atoms with E-state index in [9.17, 15) is 0 Å². The fourth-order valence-corrected chi connectivity index (χ4v) is 4.81. The van der Waals surface area contributed by atoms with Crippen molar-refractivity contribution in [3.8, 4) is 0 Å². The largest absolute Gasteiger partial charge is 0.316 e. The van der Waals surface area contributed by atoms with Gasteiger partial charge in [0.15, 0.2) is 0 Å². The van der Waals surface area contributed by atoms with Gasteiger partial charge >= 0.3 is 0 Å². The summed E-state index contributed by atoms with van der Waals surface area (Å²) in [5.74, 6) is 3.24. The molecule has 15 heavy (non-hydrogen) atoms. The lowest BCUT2D eigenvalue weighted by atomic mass is 9.49. The van der Waals surface area contributed by atoms with Gasteiger partial charge in [-0.3, -0.25) is 0 Å². The zero-order chi connectivity index (χ0) is 10.3. The molecule has 0 amide bonds. The predicted octanol–water partition coefficient (Wildman–Crippen LogP) is 2.98. The molecule has 0 saturated heterocycles. The van der Waals surface area contributed by atoms with Crippen molar-refractivity contribution in [2.45, 2.75) is 38.5 Å². The Morgan fingerprint density at radius 2 is 1.60 bits per heavy atom. The molecule has 4 bridgehead atoms. The van der Waals surface area contributed by atoms with E-state index >= 15 is 0 Å². The number of hydrogen-bond donors (Lipinski definition) is 1. The first kappa shape index (κ1) is 9.89. The van der Waals surface area contributed by atoms with Crippen LogP contribution in [0, 0.1) is 23.2 Å². The summed E-state index contributed by atoms with van der Waals surface area (Å²) in [5.41, 5.74) is 0.631. The van der Waals surface area contributed by atoms with Crippen molar-refractivity contribution in [2.75, 3.05) is 13.6 Å². The monoisotopic (exact) mass is 205 g/mol. The van der Waals surface area contributed by atoms with Gasteiger partial charge < -0.3 is 5.32 Å². The molecule has 4 saturated carbocycles. The van der Waals surface area contributed by atoms with Crippen LogP contribution in [0.3, 0.4) is 0 Å². The molecule has 0 aromatic rings. The molecule has 0 heterocycles. The van der Waals surface area contributed by atoms with Crippen molar-refractivity contribution < 1.29 is 0 Å². The Balaban J connectivity index is 1.75. The zero-order valence-corrected chi connectivity index (χ0v) is 9.84. The van der Waals surface area contributed by atoms with Gasteiger partial charge in [-0.2, -0.15) is 0 Å². The molecule has 1 N–H and O–H groups in total. The molecule has 1 heteroatoms. The molecule has 1 nitrogen and oxygen atoms in total. The Kier molecular flexibility index (Phi) is 2.39. The molecule has 4 aliphatic rings. The molecule has 0 aromatic carbocycles. The fourth-order valence-electron chi connectivity index (χ4n) is 4.81. The highest BCUT2D eigenvalue weighted by atomic mass is 14.8. The van der Waals surface area contributed by atoms with Gasteiger partial charge in [-0.05, 0) is 68.7 Å². The molecule has 4 fully saturated rings. The molecule has 0 radical (unpaired) electrons. The summed E-state index contributed by atoms with van der Waals surface area (Å²) in [6, 6.07) is 0. The first-order chi connectivity index (χ1) is 7.30. The van der Waals surface area contributed by atoms with Gasteiger partial charge in [0.2, 0.25) is 0 Å². The average Bonchev–Trinajstić information content (AvgIpc) is 2.15. The summed E-state index contributed by atoms with van der Waals surface area (Å²) in [6.07, 6.45) is 14.1. The van der Waals surface area contributed by atoms with Crippen molar-refractivity contribution in [1.29, 1.82) is 0 Å². The van der Waals surface area contributed by atoms with Gasteiger partial charge in [0.05, 0.1) is 0 Å². The Hall–Kier alpha value is -0.300. The van der Waals surface area contributed by atoms with Gasteiger partial charge in [-0.1, -0.05) is 12.2 Å². The lowest BCUT2D eigenvalue weighted by Gasteiger charge is -2.55. The van der Waals surface area contributed by atoms with E-state index in [-0.39, 0.29) is 0 Å². The molecule has 84 valence electrons. The highest BCUT2D eigenvalue weighted by molar-refractivity contribution is 5.10. The molecule has 0 atom stereocenters.